The van der Waals surface area contributed by atoms with Crippen LogP contribution >= 0.6 is 12.4 Å². The van der Waals surface area contributed by atoms with Gasteiger partial charge in [0.1, 0.15) is 0 Å². The number of carbonyl (C=O) groups is 2. The minimum atomic E-state index is -0.0358. The molecule has 0 aromatic heterocycles. The first-order valence-electron chi connectivity index (χ1n) is 7.81. The van der Waals surface area contributed by atoms with E-state index in [0.717, 1.165) is 38.8 Å². The topological polar surface area (TPSA) is 61.4 Å². The number of unbranched alkanes of at least 4 members (excludes halogenated alkanes) is 1. The van der Waals surface area contributed by atoms with E-state index in [1.165, 1.54) is 0 Å². The van der Waals surface area contributed by atoms with Crippen molar-refractivity contribution in [1.29, 1.82) is 0 Å². The van der Waals surface area contributed by atoms with Crippen molar-refractivity contribution in [3.63, 3.8) is 0 Å². The molecule has 124 valence electrons. The predicted octanol–water partition coefficient (Wildman–Crippen LogP) is 1.42. The van der Waals surface area contributed by atoms with E-state index in [1.54, 1.807) is 0 Å². The van der Waals surface area contributed by atoms with Gasteiger partial charge in [-0.05, 0) is 26.3 Å². The summed E-state index contributed by atoms with van der Waals surface area (Å²) in [4.78, 5) is 26.2. The Morgan fingerprint density at radius 3 is 2.71 bits per heavy atom. The van der Waals surface area contributed by atoms with E-state index in [9.17, 15) is 9.59 Å². The lowest BCUT2D eigenvalue weighted by Gasteiger charge is -2.33. The van der Waals surface area contributed by atoms with Crippen LogP contribution in [0, 0.1) is 11.8 Å². The molecular weight excluding hydrogens is 290 g/mol. The maximum Gasteiger partial charge on any atom is 0.226 e. The van der Waals surface area contributed by atoms with Crippen LogP contribution in [-0.4, -0.2) is 49.9 Å². The molecule has 0 bridgehead atoms. The van der Waals surface area contributed by atoms with Crippen molar-refractivity contribution in [2.75, 3.05) is 33.2 Å². The lowest BCUT2D eigenvalue weighted by Crippen LogP contribution is -2.48. The molecule has 21 heavy (non-hydrogen) atoms. The summed E-state index contributed by atoms with van der Waals surface area (Å²) in [6.07, 6.45) is 3.91. The fraction of sp³-hybridized carbons (Fsp3) is 0.867. The number of halogens is 1. The molecule has 5 nitrogen and oxygen atoms in total. The lowest BCUT2D eigenvalue weighted by molar-refractivity contribution is -0.138. The maximum atomic E-state index is 12.3. The lowest BCUT2D eigenvalue weighted by atomic mass is 9.96. The van der Waals surface area contributed by atoms with Crippen LogP contribution in [0.5, 0.6) is 0 Å². The Bertz CT molecular complexity index is 326. The predicted molar refractivity (Wildman–Crippen MR) is 87.6 cm³/mol. The normalized spacial score (nSPS) is 19.6. The van der Waals surface area contributed by atoms with Crippen LogP contribution in [0.4, 0.5) is 0 Å². The van der Waals surface area contributed by atoms with Crippen molar-refractivity contribution < 1.29 is 9.59 Å². The number of nitrogens with zero attached hydrogens (tertiary/aromatic N) is 1. The van der Waals surface area contributed by atoms with Crippen LogP contribution < -0.4 is 10.6 Å². The van der Waals surface area contributed by atoms with E-state index >= 15 is 0 Å². The van der Waals surface area contributed by atoms with E-state index in [-0.39, 0.29) is 36.1 Å². The second-order valence-corrected chi connectivity index (χ2v) is 5.73. The van der Waals surface area contributed by atoms with Crippen molar-refractivity contribution in [2.24, 2.45) is 11.8 Å². The van der Waals surface area contributed by atoms with Gasteiger partial charge in [0, 0.05) is 32.1 Å². The molecule has 6 heteroatoms. The average Bonchev–Trinajstić information content (AvgIpc) is 2.47. The Labute approximate surface area is 134 Å². The molecule has 1 rings (SSSR count). The van der Waals surface area contributed by atoms with Crippen molar-refractivity contribution >= 4 is 24.2 Å². The highest BCUT2D eigenvalue weighted by molar-refractivity contribution is 5.85. The van der Waals surface area contributed by atoms with Crippen LogP contribution in [0.25, 0.3) is 0 Å². The summed E-state index contributed by atoms with van der Waals surface area (Å²) in [5.41, 5.74) is 0. The molecule has 2 N–H and O–H groups in total. The minimum absolute atomic E-state index is 0. The highest BCUT2D eigenvalue weighted by Gasteiger charge is 2.29. The smallest absolute Gasteiger partial charge is 0.226 e. The summed E-state index contributed by atoms with van der Waals surface area (Å²) < 4.78 is 0. The number of likely N-dealkylation sites (tertiary alicyclic amines) is 1. The standard InChI is InChI=1S/C15H29N3O2.ClH/c1-4-5-8-17-14(19)13-7-6-9-18(11-13)15(20)12(2)10-16-3;/h12-13,16H,4-11H2,1-3H3,(H,17,19);1H. The second kappa shape index (κ2) is 10.9. The van der Waals surface area contributed by atoms with Crippen molar-refractivity contribution in [3.8, 4) is 0 Å². The van der Waals surface area contributed by atoms with Crippen LogP contribution in [0.2, 0.25) is 0 Å². The summed E-state index contributed by atoms with van der Waals surface area (Å²) in [5.74, 6) is 0.205. The number of carbonyl (C=O) groups excluding carboxylic acids is 2. The Kier molecular flexibility index (Phi) is 10.4. The van der Waals surface area contributed by atoms with Gasteiger partial charge in [0.05, 0.1) is 5.92 Å². The third-order valence-corrected chi connectivity index (χ3v) is 3.87. The van der Waals surface area contributed by atoms with Gasteiger partial charge < -0.3 is 15.5 Å². The summed E-state index contributed by atoms with van der Waals surface area (Å²) in [5, 5.41) is 6.01. The zero-order chi connectivity index (χ0) is 15.0. The SMILES string of the molecule is CCCCNC(=O)C1CCCN(C(=O)C(C)CNC)C1.Cl. The number of hydrogen-bond acceptors (Lipinski definition) is 3. The summed E-state index contributed by atoms with van der Waals surface area (Å²) in [7, 11) is 1.85. The maximum absolute atomic E-state index is 12.3. The molecule has 2 amide bonds. The first kappa shape index (κ1) is 20.2. The van der Waals surface area contributed by atoms with Gasteiger partial charge in [0.15, 0.2) is 0 Å². The Hall–Kier alpha value is -0.810. The van der Waals surface area contributed by atoms with Crippen molar-refractivity contribution in [1.82, 2.24) is 15.5 Å². The highest BCUT2D eigenvalue weighted by atomic mass is 35.5. The molecule has 1 saturated heterocycles. The molecule has 0 saturated carbocycles. The molecule has 2 unspecified atom stereocenters. The molecule has 2 atom stereocenters. The Morgan fingerprint density at radius 2 is 2.10 bits per heavy atom. The van der Waals surface area contributed by atoms with E-state index in [4.69, 9.17) is 0 Å². The largest absolute Gasteiger partial charge is 0.356 e. The molecule has 0 aliphatic carbocycles. The molecular formula is C15H30ClN3O2. The monoisotopic (exact) mass is 319 g/mol. The third kappa shape index (κ3) is 6.66. The van der Waals surface area contributed by atoms with Crippen LogP contribution in [0.3, 0.4) is 0 Å². The average molecular weight is 320 g/mol. The van der Waals surface area contributed by atoms with E-state index in [2.05, 4.69) is 17.6 Å². The molecule has 1 heterocycles. The fourth-order valence-corrected chi connectivity index (χ4v) is 2.63. The Balaban J connectivity index is 0.00000400. The van der Waals surface area contributed by atoms with Crippen LogP contribution in [-0.2, 0) is 9.59 Å². The highest BCUT2D eigenvalue weighted by Crippen LogP contribution is 2.18. The molecule has 0 aromatic carbocycles. The van der Waals surface area contributed by atoms with Gasteiger partial charge in [0.25, 0.3) is 0 Å². The van der Waals surface area contributed by atoms with Gasteiger partial charge in [-0.2, -0.15) is 0 Å². The zero-order valence-corrected chi connectivity index (χ0v) is 14.3. The van der Waals surface area contributed by atoms with Gasteiger partial charge in [-0.15, -0.1) is 12.4 Å². The number of hydrogen-bond donors (Lipinski definition) is 2. The number of nitrogens with one attached hydrogen (secondary N) is 2. The van der Waals surface area contributed by atoms with Gasteiger partial charge in [0.2, 0.25) is 11.8 Å². The molecule has 0 radical (unpaired) electrons. The van der Waals surface area contributed by atoms with Gasteiger partial charge >= 0.3 is 0 Å². The zero-order valence-electron chi connectivity index (χ0n) is 13.5. The molecule has 0 aromatic rings. The van der Waals surface area contributed by atoms with Gasteiger partial charge in [-0.1, -0.05) is 20.3 Å². The summed E-state index contributed by atoms with van der Waals surface area (Å²) in [6.45, 7) is 6.83. The van der Waals surface area contributed by atoms with E-state index < -0.39 is 0 Å². The molecule has 1 fully saturated rings. The summed E-state index contributed by atoms with van der Waals surface area (Å²) >= 11 is 0. The number of rotatable bonds is 7. The van der Waals surface area contributed by atoms with E-state index in [1.807, 2.05) is 18.9 Å². The van der Waals surface area contributed by atoms with E-state index in [0.29, 0.717) is 13.1 Å². The number of amides is 2. The van der Waals surface area contributed by atoms with Gasteiger partial charge in [-0.25, -0.2) is 0 Å². The molecule has 1 aliphatic rings. The number of piperidine rings is 1. The fourth-order valence-electron chi connectivity index (χ4n) is 2.63. The summed E-state index contributed by atoms with van der Waals surface area (Å²) in [6, 6.07) is 0. The van der Waals surface area contributed by atoms with Crippen molar-refractivity contribution in [2.45, 2.75) is 39.5 Å². The first-order chi connectivity index (χ1) is 9.60. The van der Waals surface area contributed by atoms with Gasteiger partial charge in [-0.3, -0.25) is 9.59 Å². The third-order valence-electron chi connectivity index (χ3n) is 3.87. The Morgan fingerprint density at radius 1 is 1.38 bits per heavy atom. The first-order valence-corrected chi connectivity index (χ1v) is 7.81. The molecule has 0 spiro atoms. The van der Waals surface area contributed by atoms with Crippen LogP contribution in [0.15, 0.2) is 0 Å². The molecule has 1 aliphatic heterocycles. The second-order valence-electron chi connectivity index (χ2n) is 5.73. The van der Waals surface area contributed by atoms with Crippen molar-refractivity contribution in [3.05, 3.63) is 0 Å². The minimum Gasteiger partial charge on any atom is -0.356 e. The quantitative estimate of drug-likeness (QED) is 0.698. The van der Waals surface area contributed by atoms with Crippen LogP contribution in [0.1, 0.15) is 39.5 Å².